The van der Waals surface area contributed by atoms with Crippen LogP contribution in [0.5, 0.6) is 0 Å². The van der Waals surface area contributed by atoms with Gasteiger partial charge < -0.3 is 19.1 Å². The van der Waals surface area contributed by atoms with Crippen molar-refractivity contribution in [1.29, 1.82) is 0 Å². The molecule has 0 aromatic rings. The SMILES string of the molecule is C[C@H](C=CC(=O)N(C)C)OC(=O)C=CC1=CCCC2(C1)OCCO2. The topological polar surface area (TPSA) is 65.1 Å². The van der Waals surface area contributed by atoms with Crippen LogP contribution in [0.1, 0.15) is 26.2 Å². The molecule has 0 bridgehead atoms. The Labute approximate surface area is 142 Å². The van der Waals surface area contributed by atoms with Gasteiger partial charge in [-0.2, -0.15) is 0 Å². The Balaban J connectivity index is 1.82. The van der Waals surface area contributed by atoms with Gasteiger partial charge in [0.2, 0.25) is 5.91 Å². The van der Waals surface area contributed by atoms with Crippen molar-refractivity contribution in [3.63, 3.8) is 0 Å². The Kier molecular flexibility index (Phi) is 6.34. The molecule has 1 atom stereocenters. The van der Waals surface area contributed by atoms with Crippen LogP contribution in [0, 0.1) is 0 Å². The zero-order valence-corrected chi connectivity index (χ0v) is 14.5. The third-order valence-corrected chi connectivity index (χ3v) is 3.90. The first-order chi connectivity index (χ1) is 11.4. The van der Waals surface area contributed by atoms with E-state index < -0.39 is 17.9 Å². The average molecular weight is 335 g/mol. The highest BCUT2D eigenvalue weighted by Crippen LogP contribution is 2.36. The Hall–Kier alpha value is -1.92. The lowest BCUT2D eigenvalue weighted by Crippen LogP contribution is -2.32. The van der Waals surface area contributed by atoms with E-state index in [0.29, 0.717) is 19.6 Å². The molecule has 0 N–H and O–H groups in total. The molecule has 1 saturated heterocycles. The van der Waals surface area contributed by atoms with Crippen LogP contribution in [0.4, 0.5) is 0 Å². The maximum atomic E-state index is 11.9. The third kappa shape index (κ3) is 5.32. The highest BCUT2D eigenvalue weighted by atomic mass is 16.7. The van der Waals surface area contributed by atoms with Crippen LogP contribution in [0.25, 0.3) is 0 Å². The first kappa shape index (κ1) is 18.4. The fraction of sp³-hybridized carbons (Fsp3) is 0.556. The molecule has 24 heavy (non-hydrogen) atoms. The van der Waals surface area contributed by atoms with Crippen LogP contribution in [0.2, 0.25) is 0 Å². The van der Waals surface area contributed by atoms with Crippen LogP contribution in [0.3, 0.4) is 0 Å². The first-order valence-corrected chi connectivity index (χ1v) is 8.15. The van der Waals surface area contributed by atoms with E-state index in [4.69, 9.17) is 14.2 Å². The van der Waals surface area contributed by atoms with Gasteiger partial charge in [0.1, 0.15) is 6.10 Å². The number of hydrogen-bond donors (Lipinski definition) is 0. The minimum absolute atomic E-state index is 0.150. The van der Waals surface area contributed by atoms with Gasteiger partial charge in [0.05, 0.1) is 13.2 Å². The van der Waals surface area contributed by atoms with Crippen LogP contribution >= 0.6 is 0 Å². The van der Waals surface area contributed by atoms with Gasteiger partial charge in [0.25, 0.3) is 0 Å². The molecule has 0 radical (unpaired) electrons. The van der Waals surface area contributed by atoms with E-state index in [0.717, 1.165) is 18.4 Å². The van der Waals surface area contributed by atoms with Gasteiger partial charge in [-0.15, -0.1) is 0 Å². The molecule has 0 saturated carbocycles. The Morgan fingerprint density at radius 2 is 2.00 bits per heavy atom. The first-order valence-electron chi connectivity index (χ1n) is 8.15. The number of carbonyl (C=O) groups excluding carboxylic acids is 2. The maximum Gasteiger partial charge on any atom is 0.331 e. The van der Waals surface area contributed by atoms with Crippen molar-refractivity contribution in [1.82, 2.24) is 4.90 Å². The van der Waals surface area contributed by atoms with Gasteiger partial charge in [-0.05, 0) is 25.0 Å². The lowest BCUT2D eigenvalue weighted by molar-refractivity contribution is -0.162. The van der Waals surface area contributed by atoms with E-state index in [1.165, 1.54) is 17.1 Å². The standard InChI is InChI=1S/C18H25NO5/c1-14(6-8-16(20)19(2)3)24-17(21)9-7-15-5-4-10-18(13-15)22-11-12-23-18/h5-9,14H,4,10-13H2,1-3H3/t14-/m1/s1. The third-order valence-electron chi connectivity index (χ3n) is 3.90. The van der Waals surface area contributed by atoms with Crippen LogP contribution in [-0.2, 0) is 23.8 Å². The average Bonchev–Trinajstić information content (AvgIpc) is 2.98. The molecule has 1 aliphatic carbocycles. The number of hydrogen-bond acceptors (Lipinski definition) is 5. The highest BCUT2D eigenvalue weighted by molar-refractivity contribution is 5.87. The number of rotatable bonds is 5. The van der Waals surface area contributed by atoms with Crippen molar-refractivity contribution < 1.29 is 23.8 Å². The molecule has 1 heterocycles. The molecule has 2 aliphatic rings. The minimum Gasteiger partial charge on any atom is -0.455 e. The molecule has 6 nitrogen and oxygen atoms in total. The van der Waals surface area contributed by atoms with Crippen molar-refractivity contribution >= 4 is 11.9 Å². The summed E-state index contributed by atoms with van der Waals surface area (Å²) in [6.45, 7) is 2.95. The second-order valence-electron chi connectivity index (χ2n) is 6.17. The van der Waals surface area contributed by atoms with E-state index in [1.54, 1.807) is 33.2 Å². The highest BCUT2D eigenvalue weighted by Gasteiger charge is 2.38. The molecule has 6 heteroatoms. The van der Waals surface area contributed by atoms with Crippen molar-refractivity contribution in [2.75, 3.05) is 27.3 Å². The van der Waals surface area contributed by atoms with Crippen LogP contribution < -0.4 is 0 Å². The summed E-state index contributed by atoms with van der Waals surface area (Å²) in [6.07, 6.45) is 10.1. The zero-order valence-electron chi connectivity index (χ0n) is 14.5. The molecule has 1 fully saturated rings. The molecule has 2 rings (SSSR count). The number of nitrogens with zero attached hydrogens (tertiary/aromatic N) is 1. The molecule has 1 aliphatic heterocycles. The number of ether oxygens (including phenoxy) is 3. The summed E-state index contributed by atoms with van der Waals surface area (Å²) in [5.41, 5.74) is 1.01. The summed E-state index contributed by atoms with van der Waals surface area (Å²) in [5, 5.41) is 0. The van der Waals surface area contributed by atoms with Gasteiger partial charge in [-0.1, -0.05) is 12.2 Å². The second-order valence-corrected chi connectivity index (χ2v) is 6.17. The normalized spacial score (nSPS) is 21.2. The molecular weight excluding hydrogens is 310 g/mol. The Bertz CT molecular complexity index is 556. The summed E-state index contributed by atoms with van der Waals surface area (Å²) in [7, 11) is 3.32. The minimum atomic E-state index is -0.513. The number of allylic oxidation sites excluding steroid dienone is 2. The molecule has 1 amide bonds. The summed E-state index contributed by atoms with van der Waals surface area (Å²) >= 11 is 0. The predicted molar refractivity (Wildman–Crippen MR) is 89.1 cm³/mol. The molecule has 1 spiro atoms. The van der Waals surface area contributed by atoms with Crippen molar-refractivity contribution in [3.8, 4) is 0 Å². The molecule has 0 aromatic heterocycles. The van der Waals surface area contributed by atoms with E-state index >= 15 is 0 Å². The largest absolute Gasteiger partial charge is 0.455 e. The van der Waals surface area contributed by atoms with E-state index in [9.17, 15) is 9.59 Å². The van der Waals surface area contributed by atoms with Crippen molar-refractivity contribution in [3.05, 3.63) is 36.0 Å². The van der Waals surface area contributed by atoms with Crippen molar-refractivity contribution in [2.24, 2.45) is 0 Å². The van der Waals surface area contributed by atoms with Gasteiger partial charge in [0, 0.05) is 39.1 Å². The van der Waals surface area contributed by atoms with Crippen LogP contribution in [-0.4, -0.2) is 56.0 Å². The predicted octanol–water partition coefficient (Wildman–Crippen LogP) is 1.97. The molecule has 0 aromatic carbocycles. The quantitative estimate of drug-likeness (QED) is 0.568. The lowest BCUT2D eigenvalue weighted by Gasteiger charge is -2.30. The summed E-state index contributed by atoms with van der Waals surface area (Å²) in [6, 6.07) is 0. The number of carbonyl (C=O) groups is 2. The summed E-state index contributed by atoms with van der Waals surface area (Å²) < 4.78 is 16.6. The van der Waals surface area contributed by atoms with Crippen LogP contribution in [0.15, 0.2) is 36.0 Å². The fourth-order valence-electron chi connectivity index (χ4n) is 2.62. The molecule has 132 valence electrons. The smallest absolute Gasteiger partial charge is 0.331 e. The van der Waals surface area contributed by atoms with E-state index in [2.05, 4.69) is 6.08 Å². The van der Waals surface area contributed by atoms with Gasteiger partial charge >= 0.3 is 5.97 Å². The van der Waals surface area contributed by atoms with Gasteiger partial charge in [0.15, 0.2) is 5.79 Å². The van der Waals surface area contributed by atoms with Gasteiger partial charge in [-0.25, -0.2) is 4.79 Å². The summed E-state index contributed by atoms with van der Waals surface area (Å²) in [5.74, 6) is -1.11. The fourth-order valence-corrected chi connectivity index (χ4v) is 2.62. The van der Waals surface area contributed by atoms with E-state index in [1.807, 2.05) is 0 Å². The monoisotopic (exact) mass is 335 g/mol. The molecule has 0 unspecified atom stereocenters. The maximum absolute atomic E-state index is 11.9. The second kappa shape index (κ2) is 8.26. The van der Waals surface area contributed by atoms with E-state index in [-0.39, 0.29) is 5.91 Å². The molecular formula is C18H25NO5. The lowest BCUT2D eigenvalue weighted by atomic mass is 9.93. The van der Waals surface area contributed by atoms with Gasteiger partial charge in [-0.3, -0.25) is 4.79 Å². The Morgan fingerprint density at radius 3 is 2.67 bits per heavy atom. The Morgan fingerprint density at radius 1 is 1.29 bits per heavy atom. The summed E-state index contributed by atoms with van der Waals surface area (Å²) in [4.78, 5) is 24.7. The number of amides is 1. The number of likely N-dealkylation sites (N-methyl/N-ethyl adjacent to an activating group) is 1. The number of esters is 1. The van der Waals surface area contributed by atoms with Crippen molar-refractivity contribution in [2.45, 2.75) is 38.1 Å². The zero-order chi connectivity index (χ0) is 17.6.